The largest absolute Gasteiger partial charge is 0.393 e. The van der Waals surface area contributed by atoms with Crippen LogP contribution in [0.4, 0.5) is 0 Å². The van der Waals surface area contributed by atoms with Crippen LogP contribution in [-0.2, 0) is 40.0 Å². The van der Waals surface area contributed by atoms with Crippen molar-refractivity contribution in [1.29, 1.82) is 0 Å². The van der Waals surface area contributed by atoms with E-state index in [9.17, 15) is 9.59 Å². The molecule has 4 aromatic rings. The Labute approximate surface area is 207 Å². The van der Waals surface area contributed by atoms with Crippen LogP contribution in [0.5, 0.6) is 0 Å². The first-order valence-corrected chi connectivity index (χ1v) is 12.1. The van der Waals surface area contributed by atoms with Gasteiger partial charge in [-0.3, -0.25) is 9.59 Å². The molecule has 4 rings (SSSR count). The Morgan fingerprint density at radius 3 is 0.886 bits per heavy atom. The Morgan fingerprint density at radius 2 is 0.657 bits per heavy atom. The zero-order chi connectivity index (χ0) is 24.3. The molecule has 3 heteroatoms. The van der Waals surface area contributed by atoms with E-state index in [1.165, 1.54) is 0 Å². The number of carbonyl (C=O) groups is 2. The average molecular weight is 463 g/mol. The van der Waals surface area contributed by atoms with E-state index in [0.29, 0.717) is 25.7 Å². The second-order valence-electron chi connectivity index (χ2n) is 8.89. The highest BCUT2D eigenvalue weighted by molar-refractivity contribution is 5.88. The monoisotopic (exact) mass is 462 g/mol. The van der Waals surface area contributed by atoms with Gasteiger partial charge in [-0.25, -0.2) is 0 Å². The number of esters is 2. The molecule has 0 bridgehead atoms. The summed E-state index contributed by atoms with van der Waals surface area (Å²) < 4.78 is 5.59. The van der Waals surface area contributed by atoms with Gasteiger partial charge in [0.2, 0.25) is 0 Å². The third-order valence-electron chi connectivity index (χ3n) is 6.17. The van der Waals surface area contributed by atoms with Crippen LogP contribution in [0.3, 0.4) is 0 Å². The minimum atomic E-state index is -0.464. The second kappa shape index (κ2) is 12.5. The van der Waals surface area contributed by atoms with Crippen LogP contribution in [0, 0.1) is 11.8 Å². The van der Waals surface area contributed by atoms with E-state index in [2.05, 4.69) is 0 Å². The molecule has 0 heterocycles. The van der Waals surface area contributed by atoms with Gasteiger partial charge in [0.05, 0.1) is 11.8 Å². The standard InChI is InChI=1S/C32H30O3/c33-31(29(21-25-13-5-1-6-14-25)22-26-15-7-2-8-16-26)35-32(34)30(23-27-17-9-3-10-18-27)24-28-19-11-4-12-20-28/h1-20,29-30H,21-24H2. The van der Waals surface area contributed by atoms with Crippen LogP contribution >= 0.6 is 0 Å². The van der Waals surface area contributed by atoms with E-state index in [0.717, 1.165) is 22.3 Å². The lowest BCUT2D eigenvalue weighted by Gasteiger charge is -2.19. The maximum atomic E-state index is 13.3. The van der Waals surface area contributed by atoms with E-state index in [4.69, 9.17) is 4.74 Å². The molecular formula is C32H30O3. The summed E-state index contributed by atoms with van der Waals surface area (Å²) >= 11 is 0. The van der Waals surface area contributed by atoms with Crippen molar-refractivity contribution in [3.63, 3.8) is 0 Å². The van der Waals surface area contributed by atoms with Crippen molar-refractivity contribution >= 4 is 11.9 Å². The maximum Gasteiger partial charge on any atom is 0.317 e. The lowest BCUT2D eigenvalue weighted by Crippen LogP contribution is -2.30. The number of carbonyl (C=O) groups excluding carboxylic acids is 2. The zero-order valence-corrected chi connectivity index (χ0v) is 19.8. The first-order chi connectivity index (χ1) is 17.2. The third-order valence-corrected chi connectivity index (χ3v) is 6.17. The van der Waals surface area contributed by atoms with E-state index in [1.54, 1.807) is 0 Å². The summed E-state index contributed by atoms with van der Waals surface area (Å²) in [6.45, 7) is 0. The molecule has 35 heavy (non-hydrogen) atoms. The van der Waals surface area contributed by atoms with Gasteiger partial charge in [-0.1, -0.05) is 121 Å². The molecule has 4 aromatic carbocycles. The normalized spacial score (nSPS) is 10.9. The molecule has 0 aliphatic heterocycles. The van der Waals surface area contributed by atoms with Crippen LogP contribution in [0.2, 0.25) is 0 Å². The highest BCUT2D eigenvalue weighted by Crippen LogP contribution is 2.20. The molecule has 0 N–H and O–H groups in total. The van der Waals surface area contributed by atoms with E-state index < -0.39 is 23.8 Å². The summed E-state index contributed by atoms with van der Waals surface area (Å²) in [5.41, 5.74) is 4.18. The fourth-order valence-electron chi connectivity index (χ4n) is 4.34. The molecule has 3 nitrogen and oxygen atoms in total. The van der Waals surface area contributed by atoms with Crippen molar-refractivity contribution in [1.82, 2.24) is 0 Å². The predicted molar refractivity (Wildman–Crippen MR) is 139 cm³/mol. The molecule has 0 radical (unpaired) electrons. The lowest BCUT2D eigenvalue weighted by atomic mass is 9.91. The smallest absolute Gasteiger partial charge is 0.317 e. The number of hydrogen-bond donors (Lipinski definition) is 0. The van der Waals surface area contributed by atoms with Crippen LogP contribution in [0.1, 0.15) is 22.3 Å². The summed E-state index contributed by atoms with van der Waals surface area (Å²) in [7, 11) is 0. The number of hydrogen-bond acceptors (Lipinski definition) is 3. The Bertz CT molecular complexity index is 1010. The summed E-state index contributed by atoms with van der Waals surface area (Å²) in [4.78, 5) is 26.7. The number of ether oxygens (including phenoxy) is 1. The molecule has 0 fully saturated rings. The molecule has 0 amide bonds. The Kier molecular flexibility index (Phi) is 8.61. The predicted octanol–water partition coefficient (Wildman–Crippen LogP) is 6.26. The van der Waals surface area contributed by atoms with Gasteiger partial charge in [0, 0.05) is 0 Å². The molecule has 0 aliphatic rings. The topological polar surface area (TPSA) is 43.4 Å². The van der Waals surface area contributed by atoms with Crippen LogP contribution in [0.25, 0.3) is 0 Å². The van der Waals surface area contributed by atoms with Crippen LogP contribution in [-0.4, -0.2) is 11.9 Å². The highest BCUT2D eigenvalue weighted by atomic mass is 16.6. The van der Waals surface area contributed by atoms with Crippen molar-refractivity contribution in [2.75, 3.05) is 0 Å². The molecule has 176 valence electrons. The van der Waals surface area contributed by atoms with Gasteiger partial charge in [-0.15, -0.1) is 0 Å². The number of benzene rings is 4. The van der Waals surface area contributed by atoms with Crippen molar-refractivity contribution in [3.05, 3.63) is 144 Å². The van der Waals surface area contributed by atoms with Crippen molar-refractivity contribution in [2.45, 2.75) is 25.7 Å². The minimum Gasteiger partial charge on any atom is -0.393 e. The number of rotatable bonds is 10. The molecule has 0 unspecified atom stereocenters. The second-order valence-corrected chi connectivity index (χ2v) is 8.89. The first-order valence-electron chi connectivity index (χ1n) is 12.1. The van der Waals surface area contributed by atoms with Crippen LogP contribution in [0.15, 0.2) is 121 Å². The van der Waals surface area contributed by atoms with Crippen molar-refractivity contribution in [2.24, 2.45) is 11.8 Å². The minimum absolute atomic E-state index is 0.446. The fourth-order valence-corrected chi connectivity index (χ4v) is 4.34. The van der Waals surface area contributed by atoms with E-state index >= 15 is 0 Å². The summed E-state index contributed by atoms with van der Waals surface area (Å²) in [6, 6.07) is 39.5. The lowest BCUT2D eigenvalue weighted by molar-refractivity contribution is -0.165. The quantitative estimate of drug-likeness (QED) is 0.206. The van der Waals surface area contributed by atoms with Gasteiger partial charge in [-0.05, 0) is 47.9 Å². The summed E-state index contributed by atoms with van der Waals surface area (Å²) in [5.74, 6) is -1.82. The Morgan fingerprint density at radius 1 is 0.429 bits per heavy atom. The van der Waals surface area contributed by atoms with Gasteiger partial charge < -0.3 is 4.74 Å². The highest BCUT2D eigenvalue weighted by Gasteiger charge is 2.28. The Balaban J connectivity index is 1.51. The van der Waals surface area contributed by atoms with E-state index in [1.807, 2.05) is 121 Å². The average Bonchev–Trinajstić information content (AvgIpc) is 2.90. The van der Waals surface area contributed by atoms with Crippen LogP contribution < -0.4 is 0 Å². The zero-order valence-electron chi connectivity index (χ0n) is 19.8. The third kappa shape index (κ3) is 7.51. The van der Waals surface area contributed by atoms with E-state index in [-0.39, 0.29) is 0 Å². The SMILES string of the molecule is O=C(OC(=O)C(Cc1ccccc1)Cc1ccccc1)C(Cc1ccccc1)Cc1ccccc1. The van der Waals surface area contributed by atoms with Crippen molar-refractivity contribution < 1.29 is 14.3 Å². The van der Waals surface area contributed by atoms with Gasteiger partial charge in [0.15, 0.2) is 0 Å². The Hall–Kier alpha value is -3.98. The molecular weight excluding hydrogens is 432 g/mol. The van der Waals surface area contributed by atoms with Gasteiger partial charge >= 0.3 is 11.9 Å². The summed E-state index contributed by atoms with van der Waals surface area (Å²) in [5, 5.41) is 0. The van der Waals surface area contributed by atoms with Gasteiger partial charge in [-0.2, -0.15) is 0 Å². The molecule has 0 aromatic heterocycles. The maximum absolute atomic E-state index is 13.3. The summed E-state index contributed by atoms with van der Waals surface area (Å²) in [6.07, 6.45) is 2.07. The first kappa shape index (κ1) is 24.2. The molecule has 0 atom stereocenters. The van der Waals surface area contributed by atoms with Gasteiger partial charge in [0.25, 0.3) is 0 Å². The molecule has 0 saturated heterocycles. The molecule has 0 saturated carbocycles. The molecule has 0 spiro atoms. The van der Waals surface area contributed by atoms with Gasteiger partial charge in [0.1, 0.15) is 0 Å². The molecule has 0 aliphatic carbocycles. The van der Waals surface area contributed by atoms with Crippen molar-refractivity contribution in [3.8, 4) is 0 Å². The fraction of sp³-hybridized carbons (Fsp3) is 0.188.